The first-order valence-corrected chi connectivity index (χ1v) is 11.3. The van der Waals surface area contributed by atoms with E-state index in [0.717, 1.165) is 48.3 Å². The number of aryl methyl sites for hydroxylation is 2. The zero-order valence-electron chi connectivity index (χ0n) is 15.9. The van der Waals surface area contributed by atoms with Crippen molar-refractivity contribution < 1.29 is 8.42 Å². The third-order valence-electron chi connectivity index (χ3n) is 5.40. The van der Waals surface area contributed by atoms with Crippen LogP contribution in [0, 0.1) is 0 Å². The fourth-order valence-corrected chi connectivity index (χ4v) is 5.28. The van der Waals surface area contributed by atoms with Gasteiger partial charge in [-0.2, -0.15) is 0 Å². The summed E-state index contributed by atoms with van der Waals surface area (Å²) in [5.74, 6) is 1.07. The number of anilines is 1. The standard InChI is InChI=1S/C23H21N3O2S/c27-29(28,22-13-7-9-17-8-1-2-10-18(17)22)25-20-12-4-3-11-19(20)21-16-26-15-6-5-14-23(26)24-21/h1-4,7-13,16,25H,5-6,14-15H2. The number of para-hydroxylation sites is 1. The second kappa shape index (κ2) is 7.04. The van der Waals surface area contributed by atoms with Crippen LogP contribution in [0.25, 0.3) is 22.0 Å². The summed E-state index contributed by atoms with van der Waals surface area (Å²) in [7, 11) is -3.76. The maximum Gasteiger partial charge on any atom is 0.262 e. The Morgan fingerprint density at radius 1 is 0.897 bits per heavy atom. The summed E-state index contributed by atoms with van der Waals surface area (Å²) >= 11 is 0. The van der Waals surface area contributed by atoms with E-state index in [1.165, 1.54) is 0 Å². The maximum absolute atomic E-state index is 13.3. The Bertz CT molecular complexity index is 1280. The molecule has 29 heavy (non-hydrogen) atoms. The summed E-state index contributed by atoms with van der Waals surface area (Å²) in [6.45, 7) is 0.965. The maximum atomic E-state index is 13.3. The predicted octanol–water partition coefficient (Wildman–Crippen LogP) is 4.84. The van der Waals surface area contributed by atoms with E-state index in [0.29, 0.717) is 11.1 Å². The molecule has 0 bridgehead atoms. The average molecular weight is 404 g/mol. The molecule has 0 aliphatic carbocycles. The number of aromatic nitrogens is 2. The molecule has 3 aromatic carbocycles. The topological polar surface area (TPSA) is 64.0 Å². The second-order valence-electron chi connectivity index (χ2n) is 7.32. The second-order valence-corrected chi connectivity index (χ2v) is 8.97. The SMILES string of the molecule is O=S(=O)(Nc1ccccc1-c1cn2c(n1)CCCC2)c1cccc2ccccc12. The average Bonchev–Trinajstić information content (AvgIpc) is 3.17. The molecule has 5 rings (SSSR count). The van der Waals surface area contributed by atoms with E-state index in [1.54, 1.807) is 18.2 Å². The number of nitrogens with zero attached hydrogens (tertiary/aromatic N) is 2. The molecular weight excluding hydrogens is 382 g/mol. The molecule has 146 valence electrons. The first kappa shape index (κ1) is 17.9. The Morgan fingerprint density at radius 3 is 2.59 bits per heavy atom. The Hall–Kier alpha value is -3.12. The van der Waals surface area contributed by atoms with Crippen LogP contribution in [0.15, 0.2) is 77.8 Å². The summed E-state index contributed by atoms with van der Waals surface area (Å²) in [6, 6.07) is 20.3. The molecule has 0 fully saturated rings. The zero-order chi connectivity index (χ0) is 19.8. The number of imidazole rings is 1. The van der Waals surface area contributed by atoms with Crippen molar-refractivity contribution in [2.75, 3.05) is 4.72 Å². The number of benzene rings is 3. The van der Waals surface area contributed by atoms with Gasteiger partial charge in [0, 0.05) is 30.1 Å². The van der Waals surface area contributed by atoms with E-state index in [9.17, 15) is 8.42 Å². The normalized spacial score (nSPS) is 13.9. The van der Waals surface area contributed by atoms with Gasteiger partial charge < -0.3 is 4.57 Å². The summed E-state index contributed by atoms with van der Waals surface area (Å²) in [5, 5.41) is 1.60. The van der Waals surface area contributed by atoms with Crippen molar-refractivity contribution >= 4 is 26.5 Å². The molecule has 0 spiro atoms. The molecule has 0 radical (unpaired) electrons. The van der Waals surface area contributed by atoms with Crippen LogP contribution in [0.3, 0.4) is 0 Å². The van der Waals surface area contributed by atoms with E-state index in [2.05, 4.69) is 9.29 Å². The first-order valence-electron chi connectivity index (χ1n) is 9.78. The Labute approximate surface area is 170 Å². The van der Waals surface area contributed by atoms with Crippen LogP contribution in [0.4, 0.5) is 5.69 Å². The Kier molecular flexibility index (Phi) is 4.36. The lowest BCUT2D eigenvalue weighted by Gasteiger charge is -2.13. The van der Waals surface area contributed by atoms with Crippen LogP contribution < -0.4 is 4.72 Å². The van der Waals surface area contributed by atoms with E-state index in [1.807, 2.05) is 54.7 Å². The third kappa shape index (κ3) is 3.29. The van der Waals surface area contributed by atoms with Gasteiger partial charge in [-0.25, -0.2) is 13.4 Å². The highest BCUT2D eigenvalue weighted by atomic mass is 32.2. The van der Waals surface area contributed by atoms with E-state index in [-0.39, 0.29) is 4.90 Å². The number of hydrogen-bond donors (Lipinski definition) is 1. The highest BCUT2D eigenvalue weighted by Crippen LogP contribution is 2.31. The molecule has 0 saturated heterocycles. The van der Waals surface area contributed by atoms with Crippen molar-refractivity contribution in [3.8, 4) is 11.3 Å². The van der Waals surface area contributed by atoms with Gasteiger partial charge in [-0.1, -0.05) is 54.6 Å². The molecule has 6 heteroatoms. The van der Waals surface area contributed by atoms with Crippen LogP contribution in [-0.2, 0) is 23.0 Å². The number of nitrogens with one attached hydrogen (secondary N) is 1. The van der Waals surface area contributed by atoms with Gasteiger partial charge in [-0.3, -0.25) is 4.72 Å². The minimum Gasteiger partial charge on any atom is -0.334 e. The minimum absolute atomic E-state index is 0.273. The summed E-state index contributed by atoms with van der Waals surface area (Å²) in [4.78, 5) is 5.04. The molecule has 1 aliphatic heterocycles. The fraction of sp³-hybridized carbons (Fsp3) is 0.174. The van der Waals surface area contributed by atoms with Crippen molar-refractivity contribution in [2.45, 2.75) is 30.7 Å². The van der Waals surface area contributed by atoms with E-state index >= 15 is 0 Å². The largest absolute Gasteiger partial charge is 0.334 e. The monoisotopic (exact) mass is 403 g/mol. The van der Waals surface area contributed by atoms with Gasteiger partial charge >= 0.3 is 0 Å². The predicted molar refractivity (Wildman–Crippen MR) is 115 cm³/mol. The third-order valence-corrected chi connectivity index (χ3v) is 6.82. The Morgan fingerprint density at radius 2 is 1.69 bits per heavy atom. The molecule has 1 aliphatic rings. The van der Waals surface area contributed by atoms with Crippen LogP contribution in [0.5, 0.6) is 0 Å². The summed E-state index contributed by atoms with van der Waals surface area (Å²) < 4.78 is 31.5. The zero-order valence-corrected chi connectivity index (χ0v) is 16.7. The van der Waals surface area contributed by atoms with Gasteiger partial charge in [0.15, 0.2) is 0 Å². The highest BCUT2D eigenvalue weighted by molar-refractivity contribution is 7.93. The van der Waals surface area contributed by atoms with Crippen molar-refractivity contribution in [3.05, 3.63) is 78.8 Å². The van der Waals surface area contributed by atoms with Gasteiger partial charge in [0.2, 0.25) is 0 Å². The van der Waals surface area contributed by atoms with Crippen molar-refractivity contribution in [1.82, 2.24) is 9.55 Å². The lowest BCUT2D eigenvalue weighted by atomic mass is 10.1. The smallest absolute Gasteiger partial charge is 0.262 e. The summed E-state index contributed by atoms with van der Waals surface area (Å²) in [5.41, 5.74) is 2.13. The molecule has 0 unspecified atom stereocenters. The van der Waals surface area contributed by atoms with Gasteiger partial charge in [-0.05, 0) is 30.4 Å². The molecule has 1 aromatic heterocycles. The lowest BCUT2D eigenvalue weighted by molar-refractivity contribution is 0.522. The van der Waals surface area contributed by atoms with Crippen LogP contribution in [-0.4, -0.2) is 18.0 Å². The van der Waals surface area contributed by atoms with Crippen molar-refractivity contribution in [1.29, 1.82) is 0 Å². The van der Waals surface area contributed by atoms with E-state index in [4.69, 9.17) is 4.98 Å². The van der Waals surface area contributed by atoms with Crippen LogP contribution in [0.1, 0.15) is 18.7 Å². The highest BCUT2D eigenvalue weighted by Gasteiger charge is 2.21. The molecular formula is C23H21N3O2S. The number of rotatable bonds is 4. The minimum atomic E-state index is -3.76. The van der Waals surface area contributed by atoms with Gasteiger partial charge in [0.1, 0.15) is 5.82 Å². The molecule has 5 nitrogen and oxygen atoms in total. The molecule has 0 atom stereocenters. The summed E-state index contributed by atoms with van der Waals surface area (Å²) in [6.07, 6.45) is 5.29. The van der Waals surface area contributed by atoms with Crippen LogP contribution in [0.2, 0.25) is 0 Å². The van der Waals surface area contributed by atoms with Gasteiger partial charge in [0.25, 0.3) is 10.0 Å². The van der Waals surface area contributed by atoms with Gasteiger partial charge in [0.05, 0.1) is 16.3 Å². The lowest BCUT2D eigenvalue weighted by Crippen LogP contribution is -2.14. The van der Waals surface area contributed by atoms with Crippen molar-refractivity contribution in [3.63, 3.8) is 0 Å². The molecule has 1 N–H and O–H groups in total. The number of hydrogen-bond acceptors (Lipinski definition) is 3. The fourth-order valence-electron chi connectivity index (χ4n) is 3.97. The first-order chi connectivity index (χ1) is 14.1. The van der Waals surface area contributed by atoms with Gasteiger partial charge in [-0.15, -0.1) is 0 Å². The number of fused-ring (bicyclic) bond motifs is 2. The molecule has 0 amide bonds. The number of sulfonamides is 1. The van der Waals surface area contributed by atoms with E-state index < -0.39 is 10.0 Å². The van der Waals surface area contributed by atoms with Crippen molar-refractivity contribution in [2.24, 2.45) is 0 Å². The molecule has 0 saturated carbocycles. The molecule has 2 heterocycles. The quantitative estimate of drug-likeness (QED) is 0.530. The van der Waals surface area contributed by atoms with Crippen LogP contribution >= 0.6 is 0 Å². The molecule has 4 aromatic rings. The Balaban J connectivity index is 1.56.